The number of nitrogens with zero attached hydrogens (tertiary/aromatic N) is 3. The van der Waals surface area contributed by atoms with Crippen LogP contribution in [0.2, 0.25) is 0 Å². The number of pyridine rings is 1. The van der Waals surface area contributed by atoms with Crippen molar-refractivity contribution in [1.82, 2.24) is 9.97 Å². The zero-order valence-electron chi connectivity index (χ0n) is 17.6. The molecular weight excluding hydrogens is 390 g/mol. The zero-order valence-corrected chi connectivity index (χ0v) is 18.4. The second-order valence-electron chi connectivity index (χ2n) is 7.56. The molecule has 4 rings (SSSR count). The van der Waals surface area contributed by atoms with E-state index in [1.165, 1.54) is 11.1 Å². The number of rotatable bonds is 6. The fraction of sp³-hybridized carbons (Fsp3) is 0.240. The van der Waals surface area contributed by atoms with E-state index in [2.05, 4.69) is 50.0 Å². The Morgan fingerprint density at radius 2 is 1.70 bits per heavy atom. The second kappa shape index (κ2) is 8.76. The van der Waals surface area contributed by atoms with E-state index in [1.807, 2.05) is 24.3 Å². The first-order valence-corrected chi connectivity index (χ1v) is 11.0. The molecule has 0 aliphatic carbocycles. The number of benzene rings is 2. The summed E-state index contributed by atoms with van der Waals surface area (Å²) in [6.07, 6.45) is 4.89. The fourth-order valence-corrected chi connectivity index (χ4v) is 4.59. The van der Waals surface area contributed by atoms with E-state index < -0.39 is 0 Å². The Kier molecular flexibility index (Phi) is 5.91. The van der Waals surface area contributed by atoms with Gasteiger partial charge in [-0.05, 0) is 54.2 Å². The molecule has 0 aliphatic heterocycles. The lowest BCUT2D eigenvalue weighted by atomic mass is 10.1. The van der Waals surface area contributed by atoms with Crippen LogP contribution < -0.4 is 4.90 Å². The summed E-state index contributed by atoms with van der Waals surface area (Å²) in [4.78, 5) is 24.3. The van der Waals surface area contributed by atoms with Gasteiger partial charge in [-0.3, -0.25) is 14.7 Å². The molecule has 0 aliphatic rings. The van der Waals surface area contributed by atoms with Crippen LogP contribution in [-0.2, 0) is 24.2 Å². The molecule has 0 N–H and O–H groups in total. The van der Waals surface area contributed by atoms with Crippen molar-refractivity contribution in [1.29, 1.82) is 0 Å². The summed E-state index contributed by atoms with van der Waals surface area (Å²) < 4.78 is 1.14. The van der Waals surface area contributed by atoms with Crippen molar-refractivity contribution in [3.63, 3.8) is 0 Å². The van der Waals surface area contributed by atoms with E-state index in [0.29, 0.717) is 13.0 Å². The minimum absolute atomic E-state index is 0.0393. The topological polar surface area (TPSA) is 46.1 Å². The molecule has 30 heavy (non-hydrogen) atoms. The number of anilines is 1. The summed E-state index contributed by atoms with van der Waals surface area (Å²) in [7, 11) is 0. The van der Waals surface area contributed by atoms with E-state index in [4.69, 9.17) is 4.98 Å². The van der Waals surface area contributed by atoms with Gasteiger partial charge in [0.25, 0.3) is 0 Å². The molecule has 0 fully saturated rings. The van der Waals surface area contributed by atoms with Gasteiger partial charge in [0, 0.05) is 12.4 Å². The zero-order chi connectivity index (χ0) is 21.1. The van der Waals surface area contributed by atoms with Crippen molar-refractivity contribution < 1.29 is 4.79 Å². The maximum absolute atomic E-state index is 13.4. The van der Waals surface area contributed by atoms with Crippen molar-refractivity contribution in [2.45, 2.75) is 40.2 Å². The number of carbonyl (C=O) groups excluding carboxylic acids is 1. The van der Waals surface area contributed by atoms with Gasteiger partial charge in [-0.25, -0.2) is 4.98 Å². The second-order valence-corrected chi connectivity index (χ2v) is 8.54. The quantitative estimate of drug-likeness (QED) is 0.409. The molecule has 0 spiro atoms. The molecule has 0 radical (unpaired) electrons. The number of fused-ring (bicyclic) bond motifs is 1. The molecule has 0 atom stereocenters. The molecule has 1 amide bonds. The lowest BCUT2D eigenvalue weighted by molar-refractivity contribution is -0.118. The summed E-state index contributed by atoms with van der Waals surface area (Å²) in [5, 5.41) is 0.737. The average molecular weight is 416 g/mol. The van der Waals surface area contributed by atoms with Gasteiger partial charge in [-0.15, -0.1) is 0 Å². The molecule has 4 nitrogen and oxygen atoms in total. The SMILES string of the molecule is CCc1ccc(CC(=O)N(Cc2cccnc2)c2nc3c(C)ccc(C)c3s2)cc1. The van der Waals surface area contributed by atoms with E-state index in [0.717, 1.165) is 38.5 Å². The van der Waals surface area contributed by atoms with Crippen molar-refractivity contribution in [3.8, 4) is 0 Å². The monoisotopic (exact) mass is 415 g/mol. The maximum Gasteiger partial charge on any atom is 0.233 e. The van der Waals surface area contributed by atoms with Crippen LogP contribution in [0.1, 0.15) is 34.7 Å². The summed E-state index contributed by atoms with van der Waals surface area (Å²) in [6.45, 7) is 6.74. The lowest BCUT2D eigenvalue weighted by Gasteiger charge is -2.20. The number of carbonyl (C=O) groups is 1. The van der Waals surface area contributed by atoms with Crippen molar-refractivity contribution >= 4 is 32.6 Å². The van der Waals surface area contributed by atoms with Gasteiger partial charge in [-0.2, -0.15) is 0 Å². The van der Waals surface area contributed by atoms with E-state index in [-0.39, 0.29) is 5.91 Å². The van der Waals surface area contributed by atoms with Gasteiger partial charge >= 0.3 is 0 Å². The van der Waals surface area contributed by atoms with E-state index in [1.54, 1.807) is 28.6 Å². The van der Waals surface area contributed by atoms with Crippen LogP contribution in [0, 0.1) is 13.8 Å². The molecule has 2 aromatic heterocycles. The van der Waals surface area contributed by atoms with E-state index in [9.17, 15) is 4.79 Å². The third-order valence-electron chi connectivity index (χ3n) is 5.31. The number of hydrogen-bond acceptors (Lipinski definition) is 4. The van der Waals surface area contributed by atoms with Gasteiger partial charge in [0.15, 0.2) is 5.13 Å². The minimum atomic E-state index is 0.0393. The summed E-state index contributed by atoms with van der Waals surface area (Å²) >= 11 is 1.58. The summed E-state index contributed by atoms with van der Waals surface area (Å²) in [6, 6.07) is 16.4. The predicted molar refractivity (Wildman–Crippen MR) is 124 cm³/mol. The number of aryl methyl sites for hydroxylation is 3. The highest BCUT2D eigenvalue weighted by Crippen LogP contribution is 2.34. The predicted octanol–water partition coefficient (Wildman–Crippen LogP) is 5.65. The van der Waals surface area contributed by atoms with Gasteiger partial charge in [0.05, 0.1) is 23.2 Å². The number of amides is 1. The van der Waals surface area contributed by atoms with Crippen LogP contribution in [0.3, 0.4) is 0 Å². The van der Waals surface area contributed by atoms with Crippen LogP contribution in [0.4, 0.5) is 5.13 Å². The molecule has 0 bridgehead atoms. The highest BCUT2D eigenvalue weighted by atomic mass is 32.1. The fourth-order valence-electron chi connectivity index (χ4n) is 3.46. The standard InChI is InChI=1S/C25H25N3OS/c1-4-19-9-11-20(12-10-19)14-22(29)28(16-21-6-5-13-26-15-21)25-27-23-17(2)7-8-18(3)24(23)30-25/h5-13,15H,4,14,16H2,1-3H3. The van der Waals surface area contributed by atoms with Gasteiger partial charge in [0.2, 0.25) is 5.91 Å². The average Bonchev–Trinajstić information content (AvgIpc) is 3.22. The summed E-state index contributed by atoms with van der Waals surface area (Å²) in [5.41, 5.74) is 6.56. The largest absolute Gasteiger partial charge is 0.283 e. The molecule has 0 saturated carbocycles. The van der Waals surface area contributed by atoms with Crippen LogP contribution in [-0.4, -0.2) is 15.9 Å². The van der Waals surface area contributed by atoms with Crippen molar-refractivity contribution in [3.05, 3.63) is 88.7 Å². The lowest BCUT2D eigenvalue weighted by Crippen LogP contribution is -2.31. The number of thiazole rings is 1. The van der Waals surface area contributed by atoms with Crippen LogP contribution >= 0.6 is 11.3 Å². The molecule has 2 heterocycles. The molecule has 0 saturated heterocycles. The molecule has 4 aromatic rings. The Morgan fingerprint density at radius 1 is 0.967 bits per heavy atom. The first-order valence-electron chi connectivity index (χ1n) is 10.2. The Labute approximate surface area is 181 Å². The normalized spacial score (nSPS) is 11.0. The molecular formula is C25H25N3OS. The first-order chi connectivity index (χ1) is 14.5. The van der Waals surface area contributed by atoms with Crippen LogP contribution in [0.15, 0.2) is 60.9 Å². The van der Waals surface area contributed by atoms with Crippen LogP contribution in [0.5, 0.6) is 0 Å². The minimum Gasteiger partial charge on any atom is -0.283 e. The number of hydrogen-bond donors (Lipinski definition) is 0. The highest BCUT2D eigenvalue weighted by Gasteiger charge is 2.21. The Hall–Kier alpha value is -3.05. The third kappa shape index (κ3) is 4.26. The molecule has 2 aromatic carbocycles. The first kappa shape index (κ1) is 20.2. The molecule has 152 valence electrons. The van der Waals surface area contributed by atoms with Crippen molar-refractivity contribution in [2.75, 3.05) is 4.90 Å². The van der Waals surface area contributed by atoms with Gasteiger partial charge in [0.1, 0.15) is 0 Å². The number of aromatic nitrogens is 2. The Bertz CT molecular complexity index is 1130. The maximum atomic E-state index is 13.4. The smallest absolute Gasteiger partial charge is 0.233 e. The Morgan fingerprint density at radius 3 is 2.37 bits per heavy atom. The molecule has 5 heteroatoms. The van der Waals surface area contributed by atoms with Crippen molar-refractivity contribution in [2.24, 2.45) is 0 Å². The highest BCUT2D eigenvalue weighted by molar-refractivity contribution is 7.22. The van der Waals surface area contributed by atoms with Crippen LogP contribution in [0.25, 0.3) is 10.2 Å². The Balaban J connectivity index is 1.69. The molecule has 0 unspecified atom stereocenters. The van der Waals surface area contributed by atoms with Gasteiger partial charge in [-0.1, -0.05) is 60.7 Å². The summed E-state index contributed by atoms with van der Waals surface area (Å²) in [5.74, 6) is 0.0393. The van der Waals surface area contributed by atoms with E-state index >= 15 is 0 Å². The van der Waals surface area contributed by atoms with Gasteiger partial charge < -0.3 is 0 Å². The third-order valence-corrected chi connectivity index (χ3v) is 6.53.